The normalized spacial score (nSPS) is 21.1. The Morgan fingerprint density at radius 3 is 2.56 bits per heavy atom. The van der Waals surface area contributed by atoms with E-state index < -0.39 is 12.0 Å². The Hall–Kier alpha value is -1.30. The predicted octanol–water partition coefficient (Wildman–Crippen LogP) is 0.509. The van der Waals surface area contributed by atoms with Crippen molar-refractivity contribution in [2.45, 2.75) is 32.7 Å². The summed E-state index contributed by atoms with van der Waals surface area (Å²) >= 11 is 0. The van der Waals surface area contributed by atoms with Gasteiger partial charge in [0.25, 0.3) is 0 Å². The van der Waals surface area contributed by atoms with Gasteiger partial charge in [0.1, 0.15) is 6.04 Å². The largest absolute Gasteiger partial charge is 0.480 e. The Kier molecular flexibility index (Phi) is 5.40. The summed E-state index contributed by atoms with van der Waals surface area (Å²) in [5.74, 6) is -0.107. The van der Waals surface area contributed by atoms with Gasteiger partial charge in [-0.2, -0.15) is 0 Å². The van der Waals surface area contributed by atoms with Crippen molar-refractivity contribution in [3.63, 3.8) is 0 Å². The number of hydrogen-bond acceptors (Lipinski definition) is 3. The lowest BCUT2D eigenvalue weighted by Crippen LogP contribution is -2.47. The minimum Gasteiger partial charge on any atom is -0.480 e. The van der Waals surface area contributed by atoms with Gasteiger partial charge in [-0.3, -0.25) is 0 Å². The molecule has 6 heteroatoms. The number of likely N-dealkylation sites (tertiary alicyclic amines) is 1. The Labute approximate surface area is 107 Å². The number of carbonyl (C=O) groups excluding carboxylic acids is 1. The summed E-state index contributed by atoms with van der Waals surface area (Å²) in [5, 5.41) is 20.1. The van der Waals surface area contributed by atoms with E-state index in [2.05, 4.69) is 19.2 Å². The zero-order valence-electron chi connectivity index (χ0n) is 10.9. The second-order valence-electron chi connectivity index (χ2n) is 5.09. The number of nitrogens with one attached hydrogen (secondary N) is 1. The number of aliphatic hydroxyl groups is 1. The van der Waals surface area contributed by atoms with E-state index in [0.29, 0.717) is 24.9 Å². The van der Waals surface area contributed by atoms with Crippen LogP contribution in [0, 0.1) is 11.8 Å². The number of amides is 2. The molecule has 6 nitrogen and oxygen atoms in total. The van der Waals surface area contributed by atoms with E-state index in [1.807, 2.05) is 0 Å². The first-order chi connectivity index (χ1) is 8.45. The van der Waals surface area contributed by atoms with Crippen molar-refractivity contribution in [3.8, 4) is 0 Å². The topological polar surface area (TPSA) is 89.9 Å². The first kappa shape index (κ1) is 14.8. The average Bonchev–Trinajstić information content (AvgIpc) is 2.77. The molecule has 0 bridgehead atoms. The number of carbonyl (C=O) groups is 2. The molecule has 1 heterocycles. The van der Waals surface area contributed by atoms with Crippen LogP contribution in [-0.2, 0) is 4.79 Å². The third kappa shape index (κ3) is 3.87. The summed E-state index contributed by atoms with van der Waals surface area (Å²) in [7, 11) is 0. The van der Waals surface area contributed by atoms with Crippen molar-refractivity contribution < 1.29 is 19.8 Å². The molecule has 0 aromatic carbocycles. The van der Waals surface area contributed by atoms with E-state index in [-0.39, 0.29) is 19.1 Å². The van der Waals surface area contributed by atoms with Crippen molar-refractivity contribution in [1.82, 2.24) is 10.2 Å². The molecule has 0 aromatic heterocycles. The van der Waals surface area contributed by atoms with E-state index in [1.54, 1.807) is 4.90 Å². The SMILES string of the molecule is CC(C)C1CCN(C(=O)NC(CCO)C(=O)O)C1. The summed E-state index contributed by atoms with van der Waals surface area (Å²) in [6.45, 7) is 5.33. The highest BCUT2D eigenvalue weighted by molar-refractivity contribution is 5.82. The van der Waals surface area contributed by atoms with Gasteiger partial charge in [0, 0.05) is 26.1 Å². The number of hydrogen-bond donors (Lipinski definition) is 3. The standard InChI is InChI=1S/C12H22N2O4/c1-8(2)9-3-5-14(7-9)12(18)13-10(4-6-15)11(16)17/h8-10,15H,3-7H2,1-2H3,(H,13,18)(H,16,17). The molecule has 2 unspecified atom stereocenters. The van der Waals surface area contributed by atoms with Gasteiger partial charge in [0.05, 0.1) is 0 Å². The molecule has 1 aliphatic heterocycles. The number of nitrogens with zero attached hydrogens (tertiary/aromatic N) is 1. The molecule has 2 amide bonds. The maximum absolute atomic E-state index is 11.9. The van der Waals surface area contributed by atoms with Crippen LogP contribution in [-0.4, -0.2) is 52.9 Å². The number of aliphatic hydroxyl groups excluding tert-OH is 1. The van der Waals surface area contributed by atoms with E-state index in [4.69, 9.17) is 10.2 Å². The maximum Gasteiger partial charge on any atom is 0.326 e. The molecule has 0 aromatic rings. The fourth-order valence-electron chi connectivity index (χ4n) is 2.14. The number of urea groups is 1. The number of aliphatic carboxylic acids is 1. The van der Waals surface area contributed by atoms with Gasteiger partial charge in [0.2, 0.25) is 0 Å². The molecule has 0 spiro atoms. The Morgan fingerprint density at radius 2 is 2.11 bits per heavy atom. The molecule has 1 rings (SSSR count). The molecule has 1 aliphatic rings. The maximum atomic E-state index is 11.9. The molecule has 0 saturated carbocycles. The lowest BCUT2D eigenvalue weighted by molar-refractivity contribution is -0.139. The third-order valence-electron chi connectivity index (χ3n) is 3.47. The van der Waals surface area contributed by atoms with Gasteiger partial charge in [-0.05, 0) is 18.3 Å². The summed E-state index contributed by atoms with van der Waals surface area (Å²) in [6.07, 6.45) is 0.991. The molecule has 18 heavy (non-hydrogen) atoms. The van der Waals surface area contributed by atoms with E-state index >= 15 is 0 Å². The summed E-state index contributed by atoms with van der Waals surface area (Å²) in [6, 6.07) is -1.36. The first-order valence-corrected chi connectivity index (χ1v) is 6.34. The molecule has 0 aliphatic carbocycles. The van der Waals surface area contributed by atoms with Crippen molar-refractivity contribution in [3.05, 3.63) is 0 Å². The lowest BCUT2D eigenvalue weighted by atomic mass is 9.95. The predicted molar refractivity (Wildman–Crippen MR) is 66.2 cm³/mol. The zero-order valence-corrected chi connectivity index (χ0v) is 10.9. The van der Waals surface area contributed by atoms with Crippen LogP contribution in [0.25, 0.3) is 0 Å². The van der Waals surface area contributed by atoms with Crippen LogP contribution in [0.4, 0.5) is 4.79 Å². The Morgan fingerprint density at radius 1 is 1.44 bits per heavy atom. The molecule has 104 valence electrons. The van der Waals surface area contributed by atoms with Crippen molar-refractivity contribution in [2.75, 3.05) is 19.7 Å². The fourth-order valence-corrected chi connectivity index (χ4v) is 2.14. The number of carboxylic acid groups (broad SMARTS) is 1. The minimum atomic E-state index is -1.11. The van der Waals surface area contributed by atoms with Gasteiger partial charge in [-0.1, -0.05) is 13.8 Å². The first-order valence-electron chi connectivity index (χ1n) is 6.34. The average molecular weight is 258 g/mol. The van der Waals surface area contributed by atoms with Gasteiger partial charge < -0.3 is 20.4 Å². The van der Waals surface area contributed by atoms with Gasteiger partial charge in [-0.25, -0.2) is 9.59 Å². The second-order valence-corrected chi connectivity index (χ2v) is 5.09. The minimum absolute atomic E-state index is 0.0303. The van der Waals surface area contributed by atoms with Crippen LogP contribution in [0.3, 0.4) is 0 Å². The monoisotopic (exact) mass is 258 g/mol. The molecular formula is C12H22N2O4. The molecule has 1 fully saturated rings. The van der Waals surface area contributed by atoms with E-state index in [9.17, 15) is 9.59 Å². The molecule has 1 saturated heterocycles. The fraction of sp³-hybridized carbons (Fsp3) is 0.833. The van der Waals surface area contributed by atoms with Crippen LogP contribution in [0.2, 0.25) is 0 Å². The smallest absolute Gasteiger partial charge is 0.326 e. The van der Waals surface area contributed by atoms with E-state index in [1.165, 1.54) is 0 Å². The highest BCUT2D eigenvalue weighted by Crippen LogP contribution is 2.23. The van der Waals surface area contributed by atoms with Crippen LogP contribution < -0.4 is 5.32 Å². The highest BCUT2D eigenvalue weighted by atomic mass is 16.4. The molecular weight excluding hydrogens is 236 g/mol. The van der Waals surface area contributed by atoms with Crippen molar-refractivity contribution in [2.24, 2.45) is 11.8 Å². The number of carboxylic acids is 1. The second kappa shape index (κ2) is 6.58. The van der Waals surface area contributed by atoms with Crippen LogP contribution in [0.1, 0.15) is 26.7 Å². The van der Waals surface area contributed by atoms with Gasteiger partial charge in [-0.15, -0.1) is 0 Å². The van der Waals surface area contributed by atoms with Crippen LogP contribution >= 0.6 is 0 Å². The molecule has 3 N–H and O–H groups in total. The van der Waals surface area contributed by atoms with Gasteiger partial charge in [0.15, 0.2) is 0 Å². The summed E-state index contributed by atoms with van der Waals surface area (Å²) < 4.78 is 0. The Balaban J connectivity index is 2.48. The van der Waals surface area contributed by atoms with Gasteiger partial charge >= 0.3 is 12.0 Å². The molecule has 2 atom stereocenters. The quantitative estimate of drug-likeness (QED) is 0.670. The summed E-state index contributed by atoms with van der Waals surface area (Å²) in [5.41, 5.74) is 0. The van der Waals surface area contributed by atoms with Crippen molar-refractivity contribution >= 4 is 12.0 Å². The zero-order chi connectivity index (χ0) is 13.7. The third-order valence-corrected chi connectivity index (χ3v) is 3.47. The van der Waals surface area contributed by atoms with E-state index in [0.717, 1.165) is 6.42 Å². The highest BCUT2D eigenvalue weighted by Gasteiger charge is 2.30. The van der Waals surface area contributed by atoms with Crippen LogP contribution in [0.15, 0.2) is 0 Å². The van der Waals surface area contributed by atoms with Crippen LogP contribution in [0.5, 0.6) is 0 Å². The lowest BCUT2D eigenvalue weighted by Gasteiger charge is -2.21. The molecule has 0 radical (unpaired) electrons. The van der Waals surface area contributed by atoms with Crippen molar-refractivity contribution in [1.29, 1.82) is 0 Å². The Bertz CT molecular complexity index is 306. The summed E-state index contributed by atoms with van der Waals surface area (Å²) in [4.78, 5) is 24.4. The number of rotatable bonds is 5.